The normalized spacial score (nSPS) is 11.8. The van der Waals surface area contributed by atoms with Gasteiger partial charge in [-0.1, -0.05) is 26.0 Å². The Morgan fingerprint density at radius 2 is 1.72 bits per heavy atom. The molecule has 0 aliphatic rings. The van der Waals surface area contributed by atoms with Crippen LogP contribution in [0.25, 0.3) is 0 Å². The molecule has 3 nitrogen and oxygen atoms in total. The van der Waals surface area contributed by atoms with Crippen LogP contribution in [0.1, 0.15) is 38.2 Å². The van der Waals surface area contributed by atoms with E-state index in [1.165, 1.54) is 11.8 Å². The summed E-state index contributed by atoms with van der Waals surface area (Å²) in [5.41, 5.74) is 1.29. The van der Waals surface area contributed by atoms with Crippen molar-refractivity contribution < 1.29 is 13.2 Å². The van der Waals surface area contributed by atoms with Gasteiger partial charge >= 0.3 is 0 Å². The maximum absolute atomic E-state index is 10.9. The van der Waals surface area contributed by atoms with Crippen molar-refractivity contribution in [3.05, 3.63) is 29.8 Å². The van der Waals surface area contributed by atoms with Gasteiger partial charge in [-0.2, -0.15) is 0 Å². The zero-order valence-electron chi connectivity index (χ0n) is 11.3. The SMILES string of the molecule is CC(C)c1ccc(OCCCCS(C)(=O)=O)cc1. The lowest BCUT2D eigenvalue weighted by atomic mass is 10.0. The van der Waals surface area contributed by atoms with Crippen LogP contribution in [0.3, 0.4) is 0 Å². The highest BCUT2D eigenvalue weighted by atomic mass is 32.2. The second kappa shape index (κ2) is 6.78. The molecule has 0 heterocycles. The molecule has 0 radical (unpaired) electrons. The number of ether oxygens (including phenoxy) is 1. The van der Waals surface area contributed by atoms with Gasteiger partial charge in [-0.05, 0) is 36.5 Å². The number of rotatable bonds is 7. The van der Waals surface area contributed by atoms with Crippen LogP contribution in [0.2, 0.25) is 0 Å². The summed E-state index contributed by atoms with van der Waals surface area (Å²) in [6.45, 7) is 4.87. The third-order valence-corrected chi connectivity index (χ3v) is 3.76. The van der Waals surface area contributed by atoms with E-state index in [9.17, 15) is 8.42 Å². The van der Waals surface area contributed by atoms with Crippen molar-refractivity contribution in [3.8, 4) is 5.75 Å². The first-order valence-corrected chi connectivity index (χ1v) is 8.35. The summed E-state index contributed by atoms with van der Waals surface area (Å²) in [6, 6.07) is 8.06. The monoisotopic (exact) mass is 270 g/mol. The molecule has 0 aromatic heterocycles. The van der Waals surface area contributed by atoms with Gasteiger partial charge in [0, 0.05) is 6.26 Å². The summed E-state index contributed by atoms with van der Waals surface area (Å²) in [5.74, 6) is 1.61. The van der Waals surface area contributed by atoms with Crippen LogP contribution in [-0.4, -0.2) is 27.0 Å². The van der Waals surface area contributed by atoms with E-state index in [1.54, 1.807) is 0 Å². The molecule has 0 saturated heterocycles. The van der Waals surface area contributed by atoms with Gasteiger partial charge < -0.3 is 4.74 Å². The summed E-state index contributed by atoms with van der Waals surface area (Å²) in [4.78, 5) is 0. The number of hydrogen-bond acceptors (Lipinski definition) is 3. The van der Waals surface area contributed by atoms with E-state index in [2.05, 4.69) is 26.0 Å². The molecule has 0 atom stereocenters. The Kier molecular flexibility index (Phi) is 5.66. The van der Waals surface area contributed by atoms with E-state index in [-0.39, 0.29) is 5.75 Å². The minimum absolute atomic E-state index is 0.239. The van der Waals surface area contributed by atoms with Crippen molar-refractivity contribution in [2.45, 2.75) is 32.6 Å². The van der Waals surface area contributed by atoms with Crippen LogP contribution in [0.15, 0.2) is 24.3 Å². The van der Waals surface area contributed by atoms with Crippen LogP contribution < -0.4 is 4.74 Å². The molecule has 4 heteroatoms. The van der Waals surface area contributed by atoms with Crippen molar-refractivity contribution in [1.82, 2.24) is 0 Å². The van der Waals surface area contributed by atoms with Crippen molar-refractivity contribution in [3.63, 3.8) is 0 Å². The molecule has 0 spiro atoms. The zero-order chi connectivity index (χ0) is 13.6. The summed E-state index contributed by atoms with van der Waals surface area (Å²) in [5, 5.41) is 0. The van der Waals surface area contributed by atoms with Gasteiger partial charge in [0.1, 0.15) is 15.6 Å². The summed E-state index contributed by atoms with van der Waals surface area (Å²) < 4.78 is 27.4. The first-order chi connectivity index (χ1) is 8.38. The van der Waals surface area contributed by atoms with Gasteiger partial charge in [0.05, 0.1) is 12.4 Å². The highest BCUT2D eigenvalue weighted by Gasteiger charge is 2.02. The molecule has 0 bridgehead atoms. The Balaban J connectivity index is 2.27. The Morgan fingerprint density at radius 3 is 2.22 bits per heavy atom. The second-order valence-corrected chi connectivity index (χ2v) is 7.17. The van der Waals surface area contributed by atoms with E-state index >= 15 is 0 Å². The number of unbranched alkanes of at least 4 members (excludes halogenated alkanes) is 1. The second-order valence-electron chi connectivity index (χ2n) is 4.91. The van der Waals surface area contributed by atoms with Crippen molar-refractivity contribution >= 4 is 9.84 Å². The highest BCUT2D eigenvalue weighted by molar-refractivity contribution is 7.90. The van der Waals surface area contributed by atoms with Gasteiger partial charge in [-0.3, -0.25) is 0 Å². The van der Waals surface area contributed by atoms with E-state index < -0.39 is 9.84 Å². The highest BCUT2D eigenvalue weighted by Crippen LogP contribution is 2.18. The van der Waals surface area contributed by atoms with Crippen LogP contribution in [-0.2, 0) is 9.84 Å². The number of sulfone groups is 1. The summed E-state index contributed by atoms with van der Waals surface area (Å²) in [7, 11) is -2.84. The van der Waals surface area contributed by atoms with Gasteiger partial charge in [0.25, 0.3) is 0 Å². The minimum atomic E-state index is -2.84. The third kappa shape index (κ3) is 6.05. The summed E-state index contributed by atoms with van der Waals surface area (Å²) >= 11 is 0. The maximum Gasteiger partial charge on any atom is 0.147 e. The number of hydrogen-bond donors (Lipinski definition) is 0. The standard InChI is InChI=1S/C14H22O3S/c1-12(2)13-6-8-14(9-7-13)17-10-4-5-11-18(3,15)16/h6-9,12H,4-5,10-11H2,1-3H3. The molecule has 0 aliphatic carbocycles. The topological polar surface area (TPSA) is 43.4 Å². The van der Waals surface area contributed by atoms with Crippen LogP contribution >= 0.6 is 0 Å². The molecule has 0 saturated carbocycles. The van der Waals surface area contributed by atoms with E-state index in [4.69, 9.17) is 4.74 Å². The molecule has 0 N–H and O–H groups in total. The average Bonchev–Trinajstić information content (AvgIpc) is 2.27. The van der Waals surface area contributed by atoms with E-state index in [0.717, 1.165) is 12.2 Å². The van der Waals surface area contributed by atoms with E-state index in [1.807, 2.05) is 12.1 Å². The Morgan fingerprint density at radius 1 is 1.11 bits per heavy atom. The largest absolute Gasteiger partial charge is 0.494 e. The molecule has 0 amide bonds. The fourth-order valence-corrected chi connectivity index (χ4v) is 2.33. The molecule has 1 aromatic carbocycles. The summed E-state index contributed by atoms with van der Waals surface area (Å²) in [6.07, 6.45) is 2.68. The van der Waals surface area contributed by atoms with E-state index in [0.29, 0.717) is 18.9 Å². The van der Waals surface area contributed by atoms with Crippen LogP contribution in [0.4, 0.5) is 0 Å². The third-order valence-electron chi connectivity index (χ3n) is 2.72. The first kappa shape index (κ1) is 15.0. The smallest absolute Gasteiger partial charge is 0.147 e. The number of benzene rings is 1. The van der Waals surface area contributed by atoms with Crippen LogP contribution in [0, 0.1) is 0 Å². The molecule has 18 heavy (non-hydrogen) atoms. The molecular weight excluding hydrogens is 248 g/mol. The molecule has 102 valence electrons. The van der Waals surface area contributed by atoms with Gasteiger partial charge in [-0.25, -0.2) is 8.42 Å². The molecular formula is C14H22O3S. The van der Waals surface area contributed by atoms with Crippen molar-refractivity contribution in [2.75, 3.05) is 18.6 Å². The molecule has 0 unspecified atom stereocenters. The molecule has 0 aliphatic heterocycles. The fourth-order valence-electron chi connectivity index (χ4n) is 1.61. The molecule has 0 fully saturated rings. The quantitative estimate of drug-likeness (QED) is 0.715. The average molecular weight is 270 g/mol. The van der Waals surface area contributed by atoms with Crippen molar-refractivity contribution in [2.24, 2.45) is 0 Å². The predicted molar refractivity (Wildman–Crippen MR) is 75.0 cm³/mol. The lowest BCUT2D eigenvalue weighted by Crippen LogP contribution is -2.05. The lowest BCUT2D eigenvalue weighted by Gasteiger charge is -2.08. The van der Waals surface area contributed by atoms with Gasteiger partial charge in [-0.15, -0.1) is 0 Å². The fraction of sp³-hybridized carbons (Fsp3) is 0.571. The maximum atomic E-state index is 10.9. The lowest BCUT2D eigenvalue weighted by molar-refractivity contribution is 0.309. The minimum Gasteiger partial charge on any atom is -0.494 e. The zero-order valence-corrected chi connectivity index (χ0v) is 12.2. The van der Waals surface area contributed by atoms with Gasteiger partial charge in [0.15, 0.2) is 0 Å². The predicted octanol–water partition coefficient (Wildman–Crippen LogP) is 3.01. The van der Waals surface area contributed by atoms with Crippen LogP contribution in [0.5, 0.6) is 5.75 Å². The Labute approximate surface area is 110 Å². The van der Waals surface area contributed by atoms with Crippen molar-refractivity contribution in [1.29, 1.82) is 0 Å². The Bertz CT molecular complexity index is 446. The first-order valence-electron chi connectivity index (χ1n) is 6.29. The van der Waals surface area contributed by atoms with Gasteiger partial charge in [0.2, 0.25) is 0 Å². The Hall–Kier alpha value is -1.03. The molecule has 1 rings (SSSR count). The molecule has 1 aromatic rings.